The molecule has 146 valence electrons. The fourth-order valence-corrected chi connectivity index (χ4v) is 3.10. The third-order valence-electron chi connectivity index (χ3n) is 4.35. The lowest BCUT2D eigenvalue weighted by atomic mass is 10.0. The monoisotopic (exact) mass is 379 g/mol. The Hall–Kier alpha value is -3.13. The second-order valence-electron chi connectivity index (χ2n) is 7.23. The molecule has 2 aromatic rings. The molecule has 0 spiro atoms. The van der Waals surface area contributed by atoms with Crippen LogP contribution in [-0.2, 0) is 17.6 Å². The van der Waals surface area contributed by atoms with E-state index in [1.807, 2.05) is 36.4 Å². The van der Waals surface area contributed by atoms with Gasteiger partial charge in [0.15, 0.2) is 11.5 Å². The molecule has 1 aliphatic heterocycles. The summed E-state index contributed by atoms with van der Waals surface area (Å²) >= 11 is 0. The molecular formula is C23H25NO4. The minimum atomic E-state index is -0.208. The summed E-state index contributed by atoms with van der Waals surface area (Å²) < 4.78 is 16.9. The van der Waals surface area contributed by atoms with Crippen LogP contribution >= 0.6 is 0 Å². The molecular weight excluding hydrogens is 354 g/mol. The number of carbonyl (C=O) groups excluding carboxylic acids is 1. The van der Waals surface area contributed by atoms with Crippen LogP contribution in [0.1, 0.15) is 25.0 Å². The molecule has 2 aromatic carbocycles. The van der Waals surface area contributed by atoms with Gasteiger partial charge in [-0.25, -0.2) is 0 Å². The first-order chi connectivity index (χ1) is 13.5. The largest absolute Gasteiger partial charge is 0.497 e. The zero-order valence-corrected chi connectivity index (χ0v) is 16.5. The Morgan fingerprint density at radius 3 is 2.86 bits per heavy atom. The van der Waals surface area contributed by atoms with Crippen molar-refractivity contribution in [2.75, 3.05) is 20.3 Å². The fourth-order valence-electron chi connectivity index (χ4n) is 3.10. The van der Waals surface area contributed by atoms with E-state index in [-0.39, 0.29) is 24.7 Å². The zero-order chi connectivity index (χ0) is 20.0. The summed E-state index contributed by atoms with van der Waals surface area (Å²) in [6.07, 6.45) is 1.16. The van der Waals surface area contributed by atoms with Crippen LogP contribution in [0.4, 0.5) is 0 Å². The first-order valence-electron chi connectivity index (χ1n) is 9.26. The summed E-state index contributed by atoms with van der Waals surface area (Å²) in [5.74, 6) is 8.00. The van der Waals surface area contributed by atoms with E-state index in [1.54, 1.807) is 7.11 Å². The second-order valence-corrected chi connectivity index (χ2v) is 7.23. The SMILES string of the molecule is COc1cccc(CC(=O)NCC#CCOc2cccc3c2OC(C)(C)C3)c1. The summed E-state index contributed by atoms with van der Waals surface area (Å²) in [6, 6.07) is 13.4. The molecule has 0 atom stereocenters. The van der Waals surface area contributed by atoms with Gasteiger partial charge in [-0.05, 0) is 37.6 Å². The summed E-state index contributed by atoms with van der Waals surface area (Å²) in [5, 5.41) is 2.79. The van der Waals surface area contributed by atoms with Gasteiger partial charge in [0.25, 0.3) is 0 Å². The molecule has 0 radical (unpaired) electrons. The van der Waals surface area contributed by atoms with Gasteiger partial charge in [0.1, 0.15) is 18.0 Å². The van der Waals surface area contributed by atoms with Crippen LogP contribution in [0, 0.1) is 11.8 Å². The highest BCUT2D eigenvalue weighted by Gasteiger charge is 2.32. The van der Waals surface area contributed by atoms with E-state index in [0.29, 0.717) is 12.2 Å². The number of amides is 1. The molecule has 0 fully saturated rings. The van der Waals surface area contributed by atoms with Gasteiger partial charge >= 0.3 is 0 Å². The molecule has 5 heteroatoms. The van der Waals surface area contributed by atoms with E-state index in [9.17, 15) is 4.79 Å². The summed E-state index contributed by atoms with van der Waals surface area (Å²) in [4.78, 5) is 12.0. The van der Waals surface area contributed by atoms with Gasteiger partial charge in [-0.3, -0.25) is 4.79 Å². The van der Waals surface area contributed by atoms with Crippen molar-refractivity contribution in [3.05, 3.63) is 53.6 Å². The van der Waals surface area contributed by atoms with Gasteiger partial charge in [-0.1, -0.05) is 36.1 Å². The van der Waals surface area contributed by atoms with E-state index in [4.69, 9.17) is 14.2 Å². The molecule has 28 heavy (non-hydrogen) atoms. The van der Waals surface area contributed by atoms with Gasteiger partial charge < -0.3 is 19.5 Å². The average Bonchev–Trinajstić information content (AvgIpc) is 2.99. The number of benzene rings is 2. The fraction of sp³-hybridized carbons (Fsp3) is 0.348. The molecule has 0 saturated carbocycles. The van der Waals surface area contributed by atoms with Crippen LogP contribution in [0.15, 0.2) is 42.5 Å². The molecule has 1 aliphatic rings. The van der Waals surface area contributed by atoms with Crippen LogP contribution in [-0.4, -0.2) is 31.8 Å². The first-order valence-corrected chi connectivity index (χ1v) is 9.26. The second kappa shape index (κ2) is 8.71. The Morgan fingerprint density at radius 2 is 2.04 bits per heavy atom. The summed E-state index contributed by atoms with van der Waals surface area (Å²) in [7, 11) is 1.60. The van der Waals surface area contributed by atoms with Crippen molar-refractivity contribution in [1.29, 1.82) is 0 Å². The van der Waals surface area contributed by atoms with E-state index in [1.165, 1.54) is 0 Å². The molecule has 1 N–H and O–H groups in total. The highest BCUT2D eigenvalue weighted by molar-refractivity contribution is 5.78. The van der Waals surface area contributed by atoms with Crippen LogP contribution in [0.5, 0.6) is 17.2 Å². The quantitative estimate of drug-likeness (QED) is 0.784. The van der Waals surface area contributed by atoms with E-state index >= 15 is 0 Å². The highest BCUT2D eigenvalue weighted by Crippen LogP contribution is 2.41. The van der Waals surface area contributed by atoms with E-state index < -0.39 is 0 Å². The van der Waals surface area contributed by atoms with Gasteiger partial charge in [-0.15, -0.1) is 0 Å². The van der Waals surface area contributed by atoms with Crippen molar-refractivity contribution >= 4 is 5.91 Å². The highest BCUT2D eigenvalue weighted by atomic mass is 16.5. The lowest BCUT2D eigenvalue weighted by Crippen LogP contribution is -2.25. The predicted octanol–water partition coefficient (Wildman–Crippen LogP) is 3.15. The number of ether oxygens (including phenoxy) is 3. The zero-order valence-electron chi connectivity index (χ0n) is 16.5. The number of para-hydroxylation sites is 1. The third kappa shape index (κ3) is 5.20. The van der Waals surface area contributed by atoms with Crippen molar-refractivity contribution in [2.24, 2.45) is 0 Å². The van der Waals surface area contributed by atoms with Crippen LogP contribution < -0.4 is 19.5 Å². The van der Waals surface area contributed by atoms with Crippen molar-refractivity contribution in [3.8, 4) is 29.1 Å². The van der Waals surface area contributed by atoms with Crippen molar-refractivity contribution in [2.45, 2.75) is 32.3 Å². The maximum Gasteiger partial charge on any atom is 0.225 e. The number of fused-ring (bicyclic) bond motifs is 1. The van der Waals surface area contributed by atoms with Gasteiger partial charge in [-0.2, -0.15) is 0 Å². The Kier molecular flexibility index (Phi) is 6.10. The van der Waals surface area contributed by atoms with Crippen molar-refractivity contribution in [3.63, 3.8) is 0 Å². The summed E-state index contributed by atoms with van der Waals surface area (Å²) in [5.41, 5.74) is 1.84. The normalized spacial score (nSPS) is 13.5. The molecule has 5 nitrogen and oxygen atoms in total. The van der Waals surface area contributed by atoms with Crippen LogP contribution in [0.2, 0.25) is 0 Å². The minimum absolute atomic E-state index is 0.0834. The molecule has 0 bridgehead atoms. The number of carbonyl (C=O) groups is 1. The molecule has 0 aliphatic carbocycles. The number of hydrogen-bond donors (Lipinski definition) is 1. The van der Waals surface area contributed by atoms with E-state index in [2.05, 4.69) is 37.1 Å². The molecule has 1 heterocycles. The number of methoxy groups -OCH3 is 1. The predicted molar refractivity (Wildman–Crippen MR) is 108 cm³/mol. The maximum atomic E-state index is 12.0. The Balaban J connectivity index is 1.43. The van der Waals surface area contributed by atoms with Crippen molar-refractivity contribution in [1.82, 2.24) is 5.32 Å². The number of nitrogens with one attached hydrogen (secondary N) is 1. The van der Waals surface area contributed by atoms with Crippen molar-refractivity contribution < 1.29 is 19.0 Å². The molecule has 3 rings (SSSR count). The summed E-state index contributed by atoms with van der Waals surface area (Å²) in [6.45, 7) is 4.64. The Morgan fingerprint density at radius 1 is 1.21 bits per heavy atom. The van der Waals surface area contributed by atoms with Crippen LogP contribution in [0.25, 0.3) is 0 Å². The first kappa shape index (κ1) is 19.6. The Labute approximate surface area is 166 Å². The molecule has 1 amide bonds. The maximum absolute atomic E-state index is 12.0. The minimum Gasteiger partial charge on any atom is -0.497 e. The molecule has 0 aromatic heterocycles. The molecule has 0 unspecified atom stereocenters. The standard InChI is InChI=1S/C23H25NO4/c1-23(2)16-18-9-7-11-20(22(18)28-23)27-13-5-4-12-24-21(25)15-17-8-6-10-19(14-17)26-3/h6-11,14H,12-13,15-16H2,1-3H3,(H,24,25). The smallest absolute Gasteiger partial charge is 0.225 e. The topological polar surface area (TPSA) is 56.8 Å². The van der Waals surface area contributed by atoms with Crippen LogP contribution in [0.3, 0.4) is 0 Å². The van der Waals surface area contributed by atoms with E-state index in [0.717, 1.165) is 29.0 Å². The average molecular weight is 379 g/mol. The Bertz CT molecular complexity index is 908. The van der Waals surface area contributed by atoms with Gasteiger partial charge in [0.2, 0.25) is 5.91 Å². The lowest BCUT2D eigenvalue weighted by Gasteiger charge is -2.17. The lowest BCUT2D eigenvalue weighted by molar-refractivity contribution is -0.120. The van der Waals surface area contributed by atoms with Gasteiger partial charge in [0, 0.05) is 12.0 Å². The van der Waals surface area contributed by atoms with Gasteiger partial charge in [0.05, 0.1) is 20.1 Å². The number of hydrogen-bond acceptors (Lipinski definition) is 4. The number of rotatable bonds is 6. The molecule has 0 saturated heterocycles. The third-order valence-corrected chi connectivity index (χ3v) is 4.35.